The molecular formula is C13H19ClN2O2S. The van der Waals surface area contributed by atoms with Crippen LogP contribution in [0.2, 0.25) is 5.15 Å². The van der Waals surface area contributed by atoms with E-state index >= 15 is 0 Å². The van der Waals surface area contributed by atoms with Gasteiger partial charge in [-0.15, -0.1) is 0 Å². The molecule has 4 nitrogen and oxygen atoms in total. The van der Waals surface area contributed by atoms with Crippen LogP contribution in [0.4, 0.5) is 0 Å². The summed E-state index contributed by atoms with van der Waals surface area (Å²) < 4.78 is 26.8. The van der Waals surface area contributed by atoms with Crippen LogP contribution in [0.15, 0.2) is 17.2 Å². The van der Waals surface area contributed by atoms with Gasteiger partial charge in [-0.3, -0.25) is 0 Å². The Hall–Kier alpha value is -0.650. The number of rotatable bonds is 5. The third-order valence-electron chi connectivity index (χ3n) is 3.62. The summed E-state index contributed by atoms with van der Waals surface area (Å²) in [5.74, 6) is 0.674. The van der Waals surface area contributed by atoms with Gasteiger partial charge in [0, 0.05) is 12.7 Å². The van der Waals surface area contributed by atoms with Crippen molar-refractivity contribution in [3.05, 3.63) is 23.0 Å². The van der Waals surface area contributed by atoms with Crippen LogP contribution < -0.4 is 4.72 Å². The standard InChI is InChI=1S/C13H19ClN2O2S/c1-10-8-12(9-15-13(10)14)19(17,18)16-7-6-11-4-2-3-5-11/h8-9,11,16H,2-7H2,1H3. The van der Waals surface area contributed by atoms with Gasteiger partial charge in [-0.05, 0) is 30.9 Å². The van der Waals surface area contributed by atoms with Crippen LogP contribution in [0.25, 0.3) is 0 Å². The van der Waals surface area contributed by atoms with E-state index in [1.54, 1.807) is 13.0 Å². The van der Waals surface area contributed by atoms with E-state index in [1.165, 1.54) is 31.9 Å². The summed E-state index contributed by atoms with van der Waals surface area (Å²) in [5, 5.41) is 0.338. The average Bonchev–Trinajstić information content (AvgIpc) is 2.85. The Kier molecular flexibility index (Phi) is 4.81. The Balaban J connectivity index is 1.95. The van der Waals surface area contributed by atoms with Crippen molar-refractivity contribution in [2.45, 2.75) is 43.9 Å². The molecule has 1 heterocycles. The number of hydrogen-bond donors (Lipinski definition) is 1. The maximum atomic E-state index is 12.1. The average molecular weight is 303 g/mol. The van der Waals surface area contributed by atoms with Crippen LogP contribution in [0.3, 0.4) is 0 Å². The van der Waals surface area contributed by atoms with Gasteiger partial charge in [0.15, 0.2) is 0 Å². The second-order valence-electron chi connectivity index (χ2n) is 5.12. The molecule has 1 N–H and O–H groups in total. The minimum atomic E-state index is -3.46. The van der Waals surface area contributed by atoms with E-state index in [9.17, 15) is 8.42 Å². The second-order valence-corrected chi connectivity index (χ2v) is 7.24. The third kappa shape index (κ3) is 3.91. The summed E-state index contributed by atoms with van der Waals surface area (Å²) in [6, 6.07) is 1.55. The van der Waals surface area contributed by atoms with Crippen molar-refractivity contribution in [3.8, 4) is 0 Å². The van der Waals surface area contributed by atoms with Gasteiger partial charge in [0.05, 0.1) is 0 Å². The van der Waals surface area contributed by atoms with Gasteiger partial charge in [0.2, 0.25) is 10.0 Å². The fourth-order valence-corrected chi connectivity index (χ4v) is 3.64. The Morgan fingerprint density at radius 2 is 2.11 bits per heavy atom. The minimum absolute atomic E-state index is 0.181. The Bertz CT molecular complexity index is 540. The molecular weight excluding hydrogens is 284 g/mol. The molecule has 0 saturated heterocycles. The summed E-state index contributed by atoms with van der Waals surface area (Å²) in [6.45, 7) is 2.24. The van der Waals surface area contributed by atoms with Crippen LogP contribution in [0, 0.1) is 12.8 Å². The molecule has 0 amide bonds. The molecule has 0 atom stereocenters. The van der Waals surface area contributed by atoms with Gasteiger partial charge in [-0.2, -0.15) is 0 Å². The first-order valence-corrected chi connectivity index (χ1v) is 8.47. The van der Waals surface area contributed by atoms with Crippen molar-refractivity contribution in [3.63, 3.8) is 0 Å². The molecule has 2 rings (SSSR count). The molecule has 1 fully saturated rings. The van der Waals surface area contributed by atoms with Crippen LogP contribution >= 0.6 is 11.6 Å². The summed E-state index contributed by atoms with van der Waals surface area (Å²) in [5.41, 5.74) is 0.667. The van der Waals surface area contributed by atoms with Crippen molar-refractivity contribution in [2.24, 2.45) is 5.92 Å². The van der Waals surface area contributed by atoms with Gasteiger partial charge >= 0.3 is 0 Å². The lowest BCUT2D eigenvalue weighted by molar-refractivity contribution is 0.495. The quantitative estimate of drug-likeness (QED) is 0.851. The molecule has 106 valence electrons. The summed E-state index contributed by atoms with van der Waals surface area (Å²) >= 11 is 5.79. The lowest BCUT2D eigenvalue weighted by Gasteiger charge is -2.10. The first-order valence-electron chi connectivity index (χ1n) is 6.61. The lowest BCUT2D eigenvalue weighted by Crippen LogP contribution is -2.26. The first kappa shape index (κ1) is 14.8. The number of hydrogen-bond acceptors (Lipinski definition) is 3. The Labute approximate surface area is 119 Å². The predicted molar refractivity (Wildman–Crippen MR) is 75.7 cm³/mol. The summed E-state index contributed by atoms with van der Waals surface area (Å²) in [7, 11) is -3.46. The van der Waals surface area contributed by atoms with Gasteiger partial charge < -0.3 is 0 Å². The van der Waals surface area contributed by atoms with Crippen molar-refractivity contribution in [1.82, 2.24) is 9.71 Å². The molecule has 6 heteroatoms. The van der Waals surface area contributed by atoms with E-state index in [-0.39, 0.29) is 4.90 Å². The van der Waals surface area contributed by atoms with E-state index < -0.39 is 10.0 Å². The highest BCUT2D eigenvalue weighted by Gasteiger charge is 2.18. The van der Waals surface area contributed by atoms with Gasteiger partial charge in [0.1, 0.15) is 10.0 Å². The highest BCUT2D eigenvalue weighted by Crippen LogP contribution is 2.27. The van der Waals surface area contributed by atoms with E-state index in [2.05, 4.69) is 9.71 Å². The van der Waals surface area contributed by atoms with Crippen molar-refractivity contribution < 1.29 is 8.42 Å². The largest absolute Gasteiger partial charge is 0.243 e. The van der Waals surface area contributed by atoms with E-state index in [0.29, 0.717) is 23.2 Å². The van der Waals surface area contributed by atoms with E-state index in [4.69, 9.17) is 11.6 Å². The molecule has 0 spiro atoms. The number of aromatic nitrogens is 1. The van der Waals surface area contributed by atoms with Crippen molar-refractivity contribution in [1.29, 1.82) is 0 Å². The normalized spacial score (nSPS) is 16.9. The molecule has 19 heavy (non-hydrogen) atoms. The third-order valence-corrected chi connectivity index (χ3v) is 5.44. The smallest absolute Gasteiger partial charge is 0.242 e. The zero-order chi connectivity index (χ0) is 13.9. The fraction of sp³-hybridized carbons (Fsp3) is 0.615. The molecule has 0 bridgehead atoms. The van der Waals surface area contributed by atoms with Crippen molar-refractivity contribution >= 4 is 21.6 Å². The molecule has 0 unspecified atom stereocenters. The van der Waals surface area contributed by atoms with Gasteiger partial charge in [-0.25, -0.2) is 18.1 Å². The lowest BCUT2D eigenvalue weighted by atomic mass is 10.1. The van der Waals surface area contributed by atoms with Gasteiger partial charge in [0.25, 0.3) is 0 Å². The van der Waals surface area contributed by atoms with Crippen LogP contribution in [-0.2, 0) is 10.0 Å². The zero-order valence-electron chi connectivity index (χ0n) is 11.0. The van der Waals surface area contributed by atoms with Crippen molar-refractivity contribution in [2.75, 3.05) is 6.54 Å². The minimum Gasteiger partial charge on any atom is -0.243 e. The Morgan fingerprint density at radius 3 is 2.74 bits per heavy atom. The second kappa shape index (κ2) is 6.20. The molecule has 0 aromatic carbocycles. The monoisotopic (exact) mass is 302 g/mol. The first-order chi connectivity index (χ1) is 8.99. The van der Waals surface area contributed by atoms with Crippen LogP contribution in [0.1, 0.15) is 37.7 Å². The topological polar surface area (TPSA) is 59.1 Å². The van der Waals surface area contributed by atoms with Crippen LogP contribution in [0.5, 0.6) is 0 Å². The SMILES string of the molecule is Cc1cc(S(=O)(=O)NCCC2CCCC2)cnc1Cl. The Morgan fingerprint density at radius 1 is 1.42 bits per heavy atom. The summed E-state index contributed by atoms with van der Waals surface area (Å²) in [4.78, 5) is 4.06. The molecule has 1 aromatic rings. The summed E-state index contributed by atoms with van der Waals surface area (Å²) in [6.07, 6.45) is 7.22. The maximum Gasteiger partial charge on any atom is 0.242 e. The number of nitrogens with zero attached hydrogens (tertiary/aromatic N) is 1. The maximum absolute atomic E-state index is 12.1. The van der Waals surface area contributed by atoms with E-state index in [0.717, 1.165) is 6.42 Å². The number of sulfonamides is 1. The molecule has 0 radical (unpaired) electrons. The van der Waals surface area contributed by atoms with Gasteiger partial charge in [-0.1, -0.05) is 37.3 Å². The van der Waals surface area contributed by atoms with E-state index in [1.807, 2.05) is 0 Å². The number of aryl methyl sites for hydroxylation is 1. The zero-order valence-corrected chi connectivity index (χ0v) is 12.6. The molecule has 1 aromatic heterocycles. The molecule has 0 aliphatic heterocycles. The predicted octanol–water partition coefficient (Wildman–Crippen LogP) is 2.90. The number of halogens is 1. The highest BCUT2D eigenvalue weighted by atomic mass is 35.5. The molecule has 1 aliphatic carbocycles. The molecule has 1 saturated carbocycles. The van der Waals surface area contributed by atoms with Crippen LogP contribution in [-0.4, -0.2) is 19.9 Å². The highest BCUT2D eigenvalue weighted by molar-refractivity contribution is 7.89. The number of nitrogens with one attached hydrogen (secondary N) is 1. The number of pyridine rings is 1. The fourth-order valence-electron chi connectivity index (χ4n) is 2.46. The molecule has 1 aliphatic rings.